The summed E-state index contributed by atoms with van der Waals surface area (Å²) in [5.74, 6) is -3.77. The average molecular weight is 608 g/mol. The molecule has 2 amide bonds. The Morgan fingerprint density at radius 3 is 2.36 bits per heavy atom. The standard InChI is InChI=1S/C28H31F2N3O8S/c1-27(2,3)41-26(36)32-19(16-42(37,38)15-17-9-4-6-11-20(17)40-25(29)30)23(35)33-28(13-8-14-28)22(34)24-31-18-10-5-7-12-21(18)39-24/h4-7,9-12,19,25H,8,13-16H2,1-3H3,(H,32,36)(H,33,35). The number of hydrogen-bond donors (Lipinski definition) is 2. The lowest BCUT2D eigenvalue weighted by molar-refractivity contribution is -0.125. The fourth-order valence-electron chi connectivity index (χ4n) is 4.45. The summed E-state index contributed by atoms with van der Waals surface area (Å²) in [6, 6.07) is 10.4. The predicted octanol–water partition coefficient (Wildman–Crippen LogP) is 4.16. The zero-order valence-electron chi connectivity index (χ0n) is 23.2. The molecule has 1 aliphatic carbocycles. The van der Waals surface area contributed by atoms with Crippen LogP contribution in [0.4, 0.5) is 13.6 Å². The number of alkyl halides is 2. The number of halogens is 2. The molecule has 0 aliphatic heterocycles. The number of sulfone groups is 1. The fraction of sp³-hybridized carbons (Fsp3) is 0.429. The van der Waals surface area contributed by atoms with Crippen LogP contribution in [-0.2, 0) is 25.1 Å². The van der Waals surface area contributed by atoms with E-state index in [1.54, 1.807) is 45.0 Å². The number of carbonyl (C=O) groups excluding carboxylic acids is 3. The van der Waals surface area contributed by atoms with E-state index >= 15 is 0 Å². The first-order chi connectivity index (χ1) is 19.7. The van der Waals surface area contributed by atoms with Crippen LogP contribution in [0.5, 0.6) is 5.75 Å². The van der Waals surface area contributed by atoms with Gasteiger partial charge in [-0.15, -0.1) is 0 Å². The first-order valence-corrected chi connectivity index (χ1v) is 14.9. The Morgan fingerprint density at radius 2 is 1.74 bits per heavy atom. The van der Waals surface area contributed by atoms with E-state index in [2.05, 4.69) is 20.4 Å². The summed E-state index contributed by atoms with van der Waals surface area (Å²) in [6.07, 6.45) is 0.00344. The number of aromatic nitrogens is 1. The number of oxazole rings is 1. The van der Waals surface area contributed by atoms with Crippen LogP contribution in [-0.4, -0.2) is 60.7 Å². The third-order valence-corrected chi connectivity index (χ3v) is 8.08. The van der Waals surface area contributed by atoms with Crippen molar-refractivity contribution in [3.05, 3.63) is 60.0 Å². The van der Waals surface area contributed by atoms with Crippen molar-refractivity contribution in [3.63, 3.8) is 0 Å². The van der Waals surface area contributed by atoms with Crippen LogP contribution < -0.4 is 15.4 Å². The normalized spacial score (nSPS) is 15.5. The summed E-state index contributed by atoms with van der Waals surface area (Å²) in [5, 5.41) is 4.90. The molecule has 1 fully saturated rings. The van der Waals surface area contributed by atoms with Crippen molar-refractivity contribution in [1.29, 1.82) is 0 Å². The minimum absolute atomic E-state index is 0.0594. The Bertz CT molecular complexity index is 1550. The second kappa shape index (κ2) is 12.0. The molecule has 2 aromatic carbocycles. The van der Waals surface area contributed by atoms with Crippen molar-refractivity contribution in [2.75, 3.05) is 5.75 Å². The van der Waals surface area contributed by atoms with Gasteiger partial charge < -0.3 is 24.5 Å². The lowest BCUT2D eigenvalue weighted by atomic mass is 9.73. The summed E-state index contributed by atoms with van der Waals surface area (Å²) in [6.45, 7) is 1.57. The molecular formula is C28H31F2N3O8S. The van der Waals surface area contributed by atoms with Crippen LogP contribution in [0.25, 0.3) is 11.1 Å². The smallest absolute Gasteiger partial charge is 0.408 e. The summed E-state index contributed by atoms with van der Waals surface area (Å²) < 4.78 is 67.4. The molecule has 0 saturated heterocycles. The number of carbonyl (C=O) groups is 3. The van der Waals surface area contributed by atoms with E-state index < -0.39 is 62.9 Å². The second-order valence-electron chi connectivity index (χ2n) is 11.0. The summed E-state index contributed by atoms with van der Waals surface area (Å²) in [4.78, 5) is 43.8. The maximum atomic E-state index is 13.5. The van der Waals surface area contributed by atoms with Gasteiger partial charge in [-0.3, -0.25) is 9.59 Å². The molecule has 0 bridgehead atoms. The molecule has 226 valence electrons. The zero-order chi connectivity index (χ0) is 30.7. The van der Waals surface area contributed by atoms with Crippen LogP contribution in [0.1, 0.15) is 56.3 Å². The van der Waals surface area contributed by atoms with E-state index in [9.17, 15) is 31.6 Å². The molecule has 0 radical (unpaired) electrons. The van der Waals surface area contributed by atoms with E-state index in [0.29, 0.717) is 17.5 Å². The van der Waals surface area contributed by atoms with Gasteiger partial charge in [0.1, 0.15) is 28.4 Å². The molecule has 2 N–H and O–H groups in total. The van der Waals surface area contributed by atoms with E-state index in [-0.39, 0.29) is 30.0 Å². The van der Waals surface area contributed by atoms with E-state index in [1.165, 1.54) is 24.3 Å². The molecule has 14 heteroatoms. The van der Waals surface area contributed by atoms with Crippen molar-refractivity contribution in [3.8, 4) is 5.75 Å². The number of ketones is 1. The lowest BCUT2D eigenvalue weighted by Gasteiger charge is -2.40. The van der Waals surface area contributed by atoms with Crippen molar-refractivity contribution in [2.24, 2.45) is 0 Å². The SMILES string of the molecule is CC(C)(C)OC(=O)NC(CS(=O)(=O)Cc1ccccc1OC(F)F)C(=O)NC1(C(=O)c2nc3ccccc3o2)CCC1. The minimum Gasteiger partial charge on any atom is -0.444 e. The number of hydrogen-bond acceptors (Lipinski definition) is 9. The number of alkyl carbamates (subject to hydrolysis) is 1. The molecule has 0 spiro atoms. The molecule has 3 aromatic rings. The van der Waals surface area contributed by atoms with Gasteiger partial charge >= 0.3 is 12.7 Å². The van der Waals surface area contributed by atoms with Crippen LogP contribution in [0.3, 0.4) is 0 Å². The van der Waals surface area contributed by atoms with Crippen molar-refractivity contribution in [2.45, 2.75) is 69.6 Å². The maximum Gasteiger partial charge on any atom is 0.408 e. The highest BCUT2D eigenvalue weighted by Gasteiger charge is 2.49. The van der Waals surface area contributed by atoms with Gasteiger partial charge in [-0.05, 0) is 58.2 Å². The molecule has 1 atom stereocenters. The number of amides is 2. The van der Waals surface area contributed by atoms with Crippen molar-refractivity contribution in [1.82, 2.24) is 15.6 Å². The number of nitrogens with one attached hydrogen (secondary N) is 2. The Kier molecular flexibility index (Phi) is 8.85. The average Bonchev–Trinajstić information content (AvgIpc) is 3.29. The molecular weight excluding hydrogens is 576 g/mol. The van der Waals surface area contributed by atoms with Gasteiger partial charge in [0.05, 0.1) is 11.5 Å². The number of Topliss-reactive ketones (excluding diaryl/α,β-unsaturated/α-hetero) is 1. The summed E-state index contributed by atoms with van der Waals surface area (Å²) >= 11 is 0. The Balaban J connectivity index is 1.57. The lowest BCUT2D eigenvalue weighted by Crippen LogP contribution is -2.63. The molecule has 1 aliphatic rings. The third-order valence-electron chi connectivity index (χ3n) is 6.48. The van der Waals surface area contributed by atoms with Crippen molar-refractivity contribution >= 4 is 38.7 Å². The van der Waals surface area contributed by atoms with Crippen molar-refractivity contribution < 1.29 is 45.5 Å². The topological polar surface area (TPSA) is 154 Å². The molecule has 1 unspecified atom stereocenters. The van der Waals surface area contributed by atoms with Gasteiger partial charge in [0.15, 0.2) is 15.4 Å². The molecule has 1 heterocycles. The van der Waals surface area contributed by atoms with Gasteiger partial charge in [-0.1, -0.05) is 30.3 Å². The number of benzene rings is 2. The van der Waals surface area contributed by atoms with Gasteiger partial charge in [0, 0.05) is 5.56 Å². The van der Waals surface area contributed by atoms with Gasteiger partial charge in [0.2, 0.25) is 11.7 Å². The minimum atomic E-state index is -4.23. The van der Waals surface area contributed by atoms with Gasteiger partial charge in [0.25, 0.3) is 5.89 Å². The van der Waals surface area contributed by atoms with Gasteiger partial charge in [-0.2, -0.15) is 8.78 Å². The number of rotatable bonds is 11. The first kappa shape index (κ1) is 30.9. The predicted molar refractivity (Wildman–Crippen MR) is 147 cm³/mol. The highest BCUT2D eigenvalue weighted by atomic mass is 32.2. The molecule has 11 nitrogen and oxygen atoms in total. The monoisotopic (exact) mass is 607 g/mol. The number of ether oxygens (including phenoxy) is 2. The number of para-hydroxylation sites is 3. The van der Waals surface area contributed by atoms with Crippen LogP contribution in [0, 0.1) is 0 Å². The molecule has 1 saturated carbocycles. The second-order valence-corrected chi connectivity index (χ2v) is 13.1. The Labute approximate surface area is 240 Å². The van der Waals surface area contributed by atoms with Crippen LogP contribution in [0.15, 0.2) is 52.9 Å². The number of fused-ring (bicyclic) bond motifs is 1. The quantitative estimate of drug-likeness (QED) is 0.306. The number of nitrogens with zero attached hydrogens (tertiary/aromatic N) is 1. The van der Waals surface area contributed by atoms with Crippen LogP contribution >= 0.6 is 0 Å². The van der Waals surface area contributed by atoms with E-state index in [0.717, 1.165) is 0 Å². The summed E-state index contributed by atoms with van der Waals surface area (Å²) in [7, 11) is -4.23. The Morgan fingerprint density at radius 1 is 1.07 bits per heavy atom. The third kappa shape index (κ3) is 7.60. The largest absolute Gasteiger partial charge is 0.444 e. The molecule has 42 heavy (non-hydrogen) atoms. The molecule has 4 rings (SSSR count). The zero-order valence-corrected chi connectivity index (χ0v) is 24.0. The molecule has 1 aromatic heterocycles. The van der Waals surface area contributed by atoms with E-state index in [4.69, 9.17) is 9.15 Å². The fourth-order valence-corrected chi connectivity index (χ4v) is 6.03. The highest BCUT2D eigenvalue weighted by molar-refractivity contribution is 7.90. The van der Waals surface area contributed by atoms with E-state index in [1.807, 2.05) is 0 Å². The first-order valence-electron chi connectivity index (χ1n) is 13.1. The highest BCUT2D eigenvalue weighted by Crippen LogP contribution is 2.36. The van der Waals surface area contributed by atoms with Crippen LogP contribution in [0.2, 0.25) is 0 Å². The van der Waals surface area contributed by atoms with Gasteiger partial charge in [-0.25, -0.2) is 18.2 Å². The summed E-state index contributed by atoms with van der Waals surface area (Å²) in [5.41, 5.74) is -1.61. The maximum absolute atomic E-state index is 13.5. The Hall–Kier alpha value is -4.07.